The van der Waals surface area contributed by atoms with E-state index in [2.05, 4.69) is 5.32 Å². The maximum absolute atomic E-state index is 13.7. The molecule has 0 spiro atoms. The Morgan fingerprint density at radius 1 is 1.19 bits per heavy atom. The Bertz CT molecular complexity index is 682. The smallest absolute Gasteiger partial charge is 0.152 e. The maximum Gasteiger partial charge on any atom is 0.152 e. The summed E-state index contributed by atoms with van der Waals surface area (Å²) in [5, 5.41) is 2.59. The third-order valence-corrected chi connectivity index (χ3v) is 3.74. The molecule has 0 aromatic heterocycles. The van der Waals surface area contributed by atoms with E-state index in [1.165, 1.54) is 11.8 Å². The van der Waals surface area contributed by atoms with Crippen LogP contribution in [-0.2, 0) is 0 Å². The first kappa shape index (κ1) is 15.7. The molecule has 2 aromatic rings. The molecule has 0 radical (unpaired) electrons. The number of nitrogens with one attached hydrogen (secondary N) is 1. The van der Waals surface area contributed by atoms with E-state index in [4.69, 9.17) is 18.0 Å². The molecule has 3 N–H and O–H groups in total. The van der Waals surface area contributed by atoms with Crippen molar-refractivity contribution in [1.82, 2.24) is 0 Å². The highest BCUT2D eigenvalue weighted by Crippen LogP contribution is 2.31. The topological polar surface area (TPSA) is 38.0 Å². The fraction of sp³-hybridized carbons (Fsp3) is 0.0714. The van der Waals surface area contributed by atoms with Crippen LogP contribution in [0.15, 0.2) is 35.2 Å². The summed E-state index contributed by atoms with van der Waals surface area (Å²) in [6, 6.07) is 6.29. The highest BCUT2D eigenvalue weighted by Gasteiger charge is 2.16. The van der Waals surface area contributed by atoms with E-state index in [9.17, 15) is 13.2 Å². The highest BCUT2D eigenvalue weighted by molar-refractivity contribution is 7.98. The molecule has 0 aliphatic carbocycles. The van der Waals surface area contributed by atoms with Gasteiger partial charge in [0, 0.05) is 22.6 Å². The average Bonchev–Trinajstić information content (AvgIpc) is 2.42. The summed E-state index contributed by atoms with van der Waals surface area (Å²) < 4.78 is 40.3. The van der Waals surface area contributed by atoms with Gasteiger partial charge in [0.05, 0.1) is 5.69 Å². The molecular formula is C14H11F3N2S2. The Morgan fingerprint density at radius 2 is 1.81 bits per heavy atom. The molecular weight excluding hydrogens is 317 g/mol. The minimum atomic E-state index is -1.03. The van der Waals surface area contributed by atoms with Crippen LogP contribution in [0, 0.1) is 17.5 Å². The minimum absolute atomic E-state index is 0.102. The van der Waals surface area contributed by atoms with Crippen molar-refractivity contribution in [2.75, 3.05) is 11.6 Å². The van der Waals surface area contributed by atoms with Crippen LogP contribution >= 0.6 is 24.0 Å². The van der Waals surface area contributed by atoms with Crippen LogP contribution in [0.1, 0.15) is 5.56 Å². The van der Waals surface area contributed by atoms with Gasteiger partial charge in [0.25, 0.3) is 0 Å². The number of hydrogen-bond donors (Lipinski definition) is 2. The Kier molecular flexibility index (Phi) is 4.74. The standard InChI is InChI=1S/C14H11F3N2S2/c1-21-11-4-2-3-10(12(11)14(18)20)19-13-8(16)5-7(15)6-9(13)17/h2-6,19H,1H3,(H2,18,20). The van der Waals surface area contributed by atoms with Crippen LogP contribution in [-0.4, -0.2) is 11.2 Å². The summed E-state index contributed by atoms with van der Waals surface area (Å²) in [6.07, 6.45) is 1.83. The van der Waals surface area contributed by atoms with Crippen molar-refractivity contribution in [2.24, 2.45) is 5.73 Å². The van der Waals surface area contributed by atoms with Gasteiger partial charge in [0.2, 0.25) is 0 Å². The molecule has 0 aliphatic rings. The first-order chi connectivity index (χ1) is 9.93. The van der Waals surface area contributed by atoms with E-state index in [0.29, 0.717) is 23.4 Å². The number of halogens is 3. The third-order valence-electron chi connectivity index (χ3n) is 2.76. The minimum Gasteiger partial charge on any atom is -0.389 e. The largest absolute Gasteiger partial charge is 0.389 e. The average molecular weight is 328 g/mol. The molecule has 0 bridgehead atoms. The number of thioether (sulfide) groups is 1. The fourth-order valence-corrected chi connectivity index (χ4v) is 2.78. The lowest BCUT2D eigenvalue weighted by Crippen LogP contribution is -2.14. The molecule has 0 saturated carbocycles. The molecule has 0 aliphatic heterocycles. The first-order valence-corrected chi connectivity index (χ1v) is 7.45. The number of thiocarbonyl (C=S) groups is 1. The van der Waals surface area contributed by atoms with Gasteiger partial charge in [-0.25, -0.2) is 13.2 Å². The monoisotopic (exact) mass is 328 g/mol. The molecule has 2 nitrogen and oxygen atoms in total. The van der Waals surface area contributed by atoms with Crippen molar-refractivity contribution in [1.29, 1.82) is 0 Å². The zero-order valence-corrected chi connectivity index (χ0v) is 12.5. The van der Waals surface area contributed by atoms with E-state index >= 15 is 0 Å². The lowest BCUT2D eigenvalue weighted by Gasteiger charge is -2.15. The number of anilines is 2. The van der Waals surface area contributed by atoms with Crippen LogP contribution in [0.2, 0.25) is 0 Å². The highest BCUT2D eigenvalue weighted by atomic mass is 32.2. The first-order valence-electron chi connectivity index (χ1n) is 5.82. The summed E-state index contributed by atoms with van der Waals surface area (Å²) in [4.78, 5) is 0.876. The SMILES string of the molecule is CSc1cccc(Nc2c(F)cc(F)cc2F)c1C(N)=S. The molecule has 110 valence electrons. The van der Waals surface area contributed by atoms with Gasteiger partial charge < -0.3 is 11.1 Å². The molecule has 0 heterocycles. The van der Waals surface area contributed by atoms with Crippen LogP contribution in [0.25, 0.3) is 0 Å². The predicted octanol–water partition coefficient (Wildman–Crippen LogP) is 4.20. The zero-order valence-electron chi connectivity index (χ0n) is 10.9. The molecule has 0 unspecified atom stereocenters. The van der Waals surface area contributed by atoms with Gasteiger partial charge in [0.15, 0.2) is 11.6 Å². The van der Waals surface area contributed by atoms with Gasteiger partial charge >= 0.3 is 0 Å². The van der Waals surface area contributed by atoms with E-state index in [1.807, 2.05) is 6.26 Å². The molecule has 2 aromatic carbocycles. The lowest BCUT2D eigenvalue weighted by molar-refractivity contribution is 0.549. The normalized spacial score (nSPS) is 10.5. The van der Waals surface area contributed by atoms with Crippen molar-refractivity contribution >= 4 is 40.3 Å². The Balaban J connectivity index is 2.52. The van der Waals surface area contributed by atoms with Gasteiger partial charge in [-0.15, -0.1) is 11.8 Å². The van der Waals surface area contributed by atoms with Crippen molar-refractivity contribution in [3.63, 3.8) is 0 Å². The molecule has 2 rings (SSSR count). The summed E-state index contributed by atoms with van der Waals surface area (Å²) in [6.45, 7) is 0. The number of benzene rings is 2. The van der Waals surface area contributed by atoms with Gasteiger partial charge in [-0.2, -0.15) is 0 Å². The fourth-order valence-electron chi connectivity index (χ4n) is 1.86. The van der Waals surface area contributed by atoms with Crippen LogP contribution in [0.4, 0.5) is 24.5 Å². The van der Waals surface area contributed by atoms with Crippen LogP contribution < -0.4 is 11.1 Å². The second-order valence-electron chi connectivity index (χ2n) is 4.12. The lowest BCUT2D eigenvalue weighted by atomic mass is 10.1. The molecule has 0 fully saturated rings. The number of hydrogen-bond acceptors (Lipinski definition) is 3. The zero-order chi connectivity index (χ0) is 15.6. The Morgan fingerprint density at radius 3 is 2.33 bits per heavy atom. The number of rotatable bonds is 4. The van der Waals surface area contributed by atoms with E-state index in [-0.39, 0.29) is 4.99 Å². The van der Waals surface area contributed by atoms with E-state index in [1.54, 1.807) is 18.2 Å². The second kappa shape index (κ2) is 6.36. The molecule has 7 heteroatoms. The van der Waals surface area contributed by atoms with Crippen molar-refractivity contribution < 1.29 is 13.2 Å². The quantitative estimate of drug-likeness (QED) is 0.651. The van der Waals surface area contributed by atoms with Gasteiger partial charge in [0.1, 0.15) is 16.5 Å². The van der Waals surface area contributed by atoms with E-state index in [0.717, 1.165) is 4.90 Å². The summed E-state index contributed by atoms with van der Waals surface area (Å²) in [7, 11) is 0. The second-order valence-corrected chi connectivity index (χ2v) is 5.40. The Labute approximate surface area is 129 Å². The summed E-state index contributed by atoms with van der Waals surface area (Å²) >= 11 is 6.39. The van der Waals surface area contributed by atoms with Crippen LogP contribution in [0.3, 0.4) is 0 Å². The van der Waals surface area contributed by atoms with Crippen molar-refractivity contribution in [2.45, 2.75) is 4.90 Å². The molecule has 21 heavy (non-hydrogen) atoms. The van der Waals surface area contributed by atoms with Crippen molar-refractivity contribution in [3.05, 3.63) is 53.3 Å². The predicted molar refractivity (Wildman–Crippen MR) is 83.7 cm³/mol. The van der Waals surface area contributed by atoms with Gasteiger partial charge in [-0.1, -0.05) is 18.3 Å². The summed E-state index contributed by atoms with van der Waals surface area (Å²) in [5.41, 5.74) is 6.07. The maximum atomic E-state index is 13.7. The summed E-state index contributed by atoms with van der Waals surface area (Å²) in [5.74, 6) is -3.05. The Hall–Kier alpha value is -1.73. The van der Waals surface area contributed by atoms with Crippen LogP contribution in [0.5, 0.6) is 0 Å². The van der Waals surface area contributed by atoms with E-state index < -0.39 is 23.1 Å². The molecule has 0 atom stereocenters. The third kappa shape index (κ3) is 3.30. The number of nitrogens with two attached hydrogens (primary N) is 1. The molecule has 0 saturated heterocycles. The van der Waals surface area contributed by atoms with Gasteiger partial charge in [-0.3, -0.25) is 0 Å². The van der Waals surface area contributed by atoms with Gasteiger partial charge in [-0.05, 0) is 18.4 Å². The molecule has 0 amide bonds. The van der Waals surface area contributed by atoms with Crippen molar-refractivity contribution in [3.8, 4) is 0 Å².